The molecule has 0 bridgehead atoms. The van der Waals surface area contributed by atoms with Crippen LogP contribution in [0.15, 0.2) is 36.4 Å². The van der Waals surface area contributed by atoms with Crippen molar-refractivity contribution in [3.63, 3.8) is 0 Å². The van der Waals surface area contributed by atoms with E-state index >= 15 is 0 Å². The standard InChI is InChI=1S/C15H11Cl2FN4O2/c1-8(15(23)19-12-5-3-10(18)7-11(12)17)24-22-14-6-9(16)2-4-13(14)20-21-22/h2-8H,1H3,(H,19,23)/t8-/m1/s1. The zero-order valence-electron chi connectivity index (χ0n) is 12.3. The largest absolute Gasteiger partial charge is 0.382 e. The summed E-state index contributed by atoms with van der Waals surface area (Å²) in [6.07, 6.45) is -0.907. The molecule has 3 rings (SSSR count). The third-order valence-corrected chi connectivity index (χ3v) is 3.74. The molecule has 0 fully saturated rings. The molecule has 6 nitrogen and oxygen atoms in total. The minimum absolute atomic E-state index is 0.0912. The zero-order valence-corrected chi connectivity index (χ0v) is 13.8. The van der Waals surface area contributed by atoms with E-state index in [9.17, 15) is 9.18 Å². The Hall–Kier alpha value is -2.38. The minimum atomic E-state index is -0.907. The molecule has 0 aliphatic heterocycles. The van der Waals surface area contributed by atoms with Crippen LogP contribution < -0.4 is 10.2 Å². The third kappa shape index (κ3) is 3.42. The second-order valence-electron chi connectivity index (χ2n) is 4.96. The number of nitrogens with zero attached hydrogens (tertiary/aromatic N) is 3. The van der Waals surface area contributed by atoms with Gasteiger partial charge in [0.1, 0.15) is 16.9 Å². The number of benzene rings is 2. The first-order valence-corrected chi connectivity index (χ1v) is 7.63. The number of fused-ring (bicyclic) bond motifs is 1. The lowest BCUT2D eigenvalue weighted by Crippen LogP contribution is -2.35. The summed E-state index contributed by atoms with van der Waals surface area (Å²) in [5, 5.41) is 10.9. The van der Waals surface area contributed by atoms with Crippen LogP contribution in [0.3, 0.4) is 0 Å². The second kappa shape index (κ2) is 6.62. The van der Waals surface area contributed by atoms with E-state index in [2.05, 4.69) is 15.6 Å². The van der Waals surface area contributed by atoms with Gasteiger partial charge in [-0.25, -0.2) is 4.39 Å². The fourth-order valence-electron chi connectivity index (χ4n) is 1.97. The molecule has 0 radical (unpaired) electrons. The Morgan fingerprint density at radius 1 is 1.29 bits per heavy atom. The summed E-state index contributed by atoms with van der Waals surface area (Å²) in [6.45, 7) is 1.53. The van der Waals surface area contributed by atoms with Crippen LogP contribution in [0, 0.1) is 5.82 Å². The van der Waals surface area contributed by atoms with Gasteiger partial charge in [0.05, 0.1) is 10.7 Å². The third-order valence-electron chi connectivity index (χ3n) is 3.19. The van der Waals surface area contributed by atoms with Crippen molar-refractivity contribution >= 4 is 45.8 Å². The summed E-state index contributed by atoms with van der Waals surface area (Å²) in [4.78, 5) is 18.8. The van der Waals surface area contributed by atoms with E-state index in [0.29, 0.717) is 16.1 Å². The SMILES string of the molecule is C[C@@H](On1nnc2ccc(Cl)cc21)C(=O)Nc1ccc(F)cc1Cl. The van der Waals surface area contributed by atoms with E-state index in [4.69, 9.17) is 28.0 Å². The molecule has 3 aromatic rings. The van der Waals surface area contributed by atoms with Crippen molar-refractivity contribution in [1.82, 2.24) is 15.2 Å². The predicted molar refractivity (Wildman–Crippen MR) is 88.6 cm³/mol. The molecule has 24 heavy (non-hydrogen) atoms. The van der Waals surface area contributed by atoms with Crippen LogP contribution in [0.25, 0.3) is 11.0 Å². The number of carbonyl (C=O) groups excluding carboxylic acids is 1. The number of amides is 1. The maximum absolute atomic E-state index is 13.0. The van der Waals surface area contributed by atoms with Gasteiger partial charge in [0.15, 0.2) is 0 Å². The topological polar surface area (TPSA) is 69.0 Å². The lowest BCUT2D eigenvalue weighted by Gasteiger charge is -2.14. The van der Waals surface area contributed by atoms with Gasteiger partial charge in [-0.1, -0.05) is 28.0 Å². The van der Waals surface area contributed by atoms with Crippen molar-refractivity contribution in [3.8, 4) is 0 Å². The molecule has 124 valence electrons. The molecular weight excluding hydrogens is 358 g/mol. The Labute approximate surface area is 146 Å². The number of halogens is 3. The summed E-state index contributed by atoms with van der Waals surface area (Å²) >= 11 is 11.8. The number of nitrogens with one attached hydrogen (secondary N) is 1. The lowest BCUT2D eigenvalue weighted by molar-refractivity contribution is -0.127. The number of hydrogen-bond acceptors (Lipinski definition) is 4. The Kier molecular flexibility index (Phi) is 4.55. The fraction of sp³-hybridized carbons (Fsp3) is 0.133. The monoisotopic (exact) mass is 368 g/mol. The van der Waals surface area contributed by atoms with Gasteiger partial charge < -0.3 is 10.2 Å². The highest BCUT2D eigenvalue weighted by molar-refractivity contribution is 6.33. The van der Waals surface area contributed by atoms with Crippen molar-refractivity contribution in [2.24, 2.45) is 0 Å². The molecule has 2 aromatic carbocycles. The van der Waals surface area contributed by atoms with Gasteiger partial charge in [-0.05, 0) is 48.5 Å². The number of aromatic nitrogens is 3. The van der Waals surface area contributed by atoms with Crippen molar-refractivity contribution in [2.75, 3.05) is 5.32 Å². The number of rotatable bonds is 4. The van der Waals surface area contributed by atoms with Crippen LogP contribution in [0.4, 0.5) is 10.1 Å². The first kappa shape index (κ1) is 16.5. The van der Waals surface area contributed by atoms with Crippen molar-refractivity contribution in [3.05, 3.63) is 52.3 Å². The van der Waals surface area contributed by atoms with E-state index < -0.39 is 17.8 Å². The molecule has 9 heteroatoms. The van der Waals surface area contributed by atoms with Gasteiger partial charge in [0.2, 0.25) is 6.10 Å². The van der Waals surface area contributed by atoms with Crippen LogP contribution in [0.2, 0.25) is 10.0 Å². The Balaban J connectivity index is 1.74. The smallest absolute Gasteiger partial charge is 0.268 e. The van der Waals surface area contributed by atoms with E-state index in [1.54, 1.807) is 18.2 Å². The van der Waals surface area contributed by atoms with Crippen LogP contribution >= 0.6 is 23.2 Å². The highest BCUT2D eigenvalue weighted by atomic mass is 35.5. The van der Waals surface area contributed by atoms with Crippen molar-refractivity contribution in [2.45, 2.75) is 13.0 Å². The Morgan fingerprint density at radius 3 is 2.83 bits per heavy atom. The Bertz CT molecular complexity index is 916. The molecule has 0 saturated carbocycles. The minimum Gasteiger partial charge on any atom is -0.382 e. The maximum Gasteiger partial charge on any atom is 0.268 e. The summed E-state index contributed by atoms with van der Waals surface area (Å²) in [6, 6.07) is 8.66. The van der Waals surface area contributed by atoms with E-state index in [1.807, 2.05) is 0 Å². The molecule has 1 heterocycles. The van der Waals surface area contributed by atoms with E-state index in [0.717, 1.165) is 10.9 Å². The number of carbonyl (C=O) groups is 1. The van der Waals surface area contributed by atoms with Gasteiger partial charge in [-0.15, -0.1) is 5.10 Å². The molecule has 0 aliphatic rings. The molecule has 0 unspecified atom stereocenters. The highest BCUT2D eigenvalue weighted by Crippen LogP contribution is 2.22. The molecule has 1 amide bonds. The van der Waals surface area contributed by atoms with Crippen LogP contribution in [0.1, 0.15) is 6.92 Å². The average Bonchev–Trinajstić information content (AvgIpc) is 2.92. The summed E-state index contributed by atoms with van der Waals surface area (Å²) in [5.74, 6) is -0.970. The number of anilines is 1. The molecule has 0 aliphatic carbocycles. The van der Waals surface area contributed by atoms with Gasteiger partial charge in [-0.3, -0.25) is 4.79 Å². The second-order valence-corrected chi connectivity index (χ2v) is 5.80. The van der Waals surface area contributed by atoms with Gasteiger partial charge in [0, 0.05) is 5.02 Å². The van der Waals surface area contributed by atoms with E-state index in [1.165, 1.54) is 19.1 Å². The lowest BCUT2D eigenvalue weighted by atomic mass is 10.3. The molecule has 0 spiro atoms. The van der Waals surface area contributed by atoms with Crippen LogP contribution in [-0.4, -0.2) is 27.2 Å². The molecule has 0 saturated heterocycles. The molecule has 1 aromatic heterocycles. The number of hydrogen-bond donors (Lipinski definition) is 1. The summed E-state index contributed by atoms with van der Waals surface area (Å²) in [7, 11) is 0. The molecule has 1 N–H and O–H groups in total. The normalized spacial score (nSPS) is 12.2. The first-order chi connectivity index (χ1) is 11.4. The zero-order chi connectivity index (χ0) is 17.3. The van der Waals surface area contributed by atoms with Gasteiger partial charge in [0.25, 0.3) is 5.91 Å². The van der Waals surface area contributed by atoms with Gasteiger partial charge >= 0.3 is 0 Å². The van der Waals surface area contributed by atoms with E-state index in [-0.39, 0.29) is 10.7 Å². The quantitative estimate of drug-likeness (QED) is 0.766. The van der Waals surface area contributed by atoms with Gasteiger partial charge in [-0.2, -0.15) is 0 Å². The van der Waals surface area contributed by atoms with Crippen molar-refractivity contribution in [1.29, 1.82) is 0 Å². The summed E-state index contributed by atoms with van der Waals surface area (Å²) in [5.41, 5.74) is 1.39. The first-order valence-electron chi connectivity index (χ1n) is 6.88. The molecular formula is C15H11Cl2FN4O2. The molecule has 1 atom stereocenters. The highest BCUT2D eigenvalue weighted by Gasteiger charge is 2.18. The Morgan fingerprint density at radius 2 is 2.08 bits per heavy atom. The fourth-order valence-corrected chi connectivity index (χ4v) is 2.35. The van der Waals surface area contributed by atoms with Crippen molar-refractivity contribution < 1.29 is 14.0 Å². The maximum atomic E-state index is 13.0. The van der Waals surface area contributed by atoms with Crippen LogP contribution in [0.5, 0.6) is 0 Å². The predicted octanol–water partition coefficient (Wildman–Crippen LogP) is 3.33. The van der Waals surface area contributed by atoms with Crippen LogP contribution in [-0.2, 0) is 4.79 Å². The summed E-state index contributed by atoms with van der Waals surface area (Å²) < 4.78 is 13.0. The average molecular weight is 369 g/mol.